The zero-order chi connectivity index (χ0) is 18.7. The van der Waals surface area contributed by atoms with E-state index < -0.39 is 10.0 Å². The molecule has 9 heteroatoms. The number of hydrogen-bond acceptors (Lipinski definition) is 4. The van der Waals surface area contributed by atoms with E-state index in [1.165, 1.54) is 0 Å². The van der Waals surface area contributed by atoms with Gasteiger partial charge in [-0.2, -0.15) is 10.2 Å². The summed E-state index contributed by atoms with van der Waals surface area (Å²) in [5, 5.41) is 9.02. The molecule has 2 aromatic heterocycles. The Balaban J connectivity index is 1.72. The number of benzene rings is 1. The van der Waals surface area contributed by atoms with Crippen LogP contribution in [0.25, 0.3) is 5.69 Å². The average molecular weight is 394 g/mol. The Morgan fingerprint density at radius 3 is 2.58 bits per heavy atom. The van der Waals surface area contributed by atoms with E-state index in [0.29, 0.717) is 35.9 Å². The van der Waals surface area contributed by atoms with Crippen LogP contribution < -0.4 is 4.72 Å². The van der Waals surface area contributed by atoms with Gasteiger partial charge in [-0.3, -0.25) is 4.68 Å². The van der Waals surface area contributed by atoms with Crippen molar-refractivity contribution < 1.29 is 8.42 Å². The minimum Gasteiger partial charge on any atom is -0.271 e. The molecule has 0 spiro atoms. The van der Waals surface area contributed by atoms with Crippen molar-refractivity contribution in [3.63, 3.8) is 0 Å². The van der Waals surface area contributed by atoms with E-state index in [-0.39, 0.29) is 4.90 Å². The first-order chi connectivity index (χ1) is 12.4. The van der Waals surface area contributed by atoms with Crippen LogP contribution in [-0.2, 0) is 16.6 Å². The molecule has 0 bridgehead atoms. The third-order valence-corrected chi connectivity index (χ3v) is 5.86. The largest absolute Gasteiger partial charge is 0.271 e. The van der Waals surface area contributed by atoms with Gasteiger partial charge in [-0.25, -0.2) is 17.8 Å². The molecule has 0 radical (unpaired) electrons. The lowest BCUT2D eigenvalue weighted by atomic mass is 10.3. The molecule has 0 aliphatic carbocycles. The third kappa shape index (κ3) is 3.98. The summed E-state index contributed by atoms with van der Waals surface area (Å²) in [6.07, 6.45) is 3.85. The lowest BCUT2D eigenvalue weighted by Gasteiger charge is -2.08. The molecule has 3 aromatic rings. The van der Waals surface area contributed by atoms with Crippen LogP contribution in [0.3, 0.4) is 0 Å². The Bertz CT molecular complexity index is 996. The minimum absolute atomic E-state index is 0.225. The van der Waals surface area contributed by atoms with Crippen LogP contribution >= 0.6 is 11.6 Å². The van der Waals surface area contributed by atoms with Gasteiger partial charge in [0.1, 0.15) is 4.90 Å². The molecule has 7 nitrogen and oxygen atoms in total. The Labute approximate surface area is 157 Å². The standard InChI is InChI=1S/C17H20ClN5O2S/c1-13-17(14(2)23(21-13)16-7-4-3-5-8-16)26(24,25)20-9-6-10-22-12-15(18)11-19-22/h3-5,7-8,11-12,20H,6,9-10H2,1-2H3. The number of hydrogen-bond donors (Lipinski definition) is 1. The van der Waals surface area contributed by atoms with Crippen molar-refractivity contribution in [2.45, 2.75) is 31.7 Å². The predicted molar refractivity (Wildman–Crippen MR) is 100 cm³/mol. The van der Waals surface area contributed by atoms with E-state index in [4.69, 9.17) is 11.6 Å². The van der Waals surface area contributed by atoms with E-state index in [1.54, 1.807) is 35.6 Å². The highest BCUT2D eigenvalue weighted by Crippen LogP contribution is 2.22. The number of nitrogens with zero attached hydrogens (tertiary/aromatic N) is 4. The summed E-state index contributed by atoms with van der Waals surface area (Å²) < 4.78 is 31.4. The molecular weight excluding hydrogens is 374 g/mol. The number of sulfonamides is 1. The molecule has 0 aliphatic heterocycles. The van der Waals surface area contributed by atoms with Gasteiger partial charge in [0.15, 0.2) is 0 Å². The minimum atomic E-state index is -3.65. The number of halogens is 1. The van der Waals surface area contributed by atoms with Crippen molar-refractivity contribution in [2.24, 2.45) is 0 Å². The second-order valence-corrected chi connectivity index (χ2v) is 8.06. The normalized spacial score (nSPS) is 11.8. The van der Waals surface area contributed by atoms with Gasteiger partial charge in [-0.05, 0) is 32.4 Å². The molecular formula is C17H20ClN5O2S. The Hall–Kier alpha value is -2.16. The summed E-state index contributed by atoms with van der Waals surface area (Å²) in [5.41, 5.74) is 1.88. The van der Waals surface area contributed by atoms with Crippen LogP contribution in [0.5, 0.6) is 0 Å². The number of nitrogens with one attached hydrogen (secondary N) is 1. The van der Waals surface area contributed by atoms with Gasteiger partial charge in [0.2, 0.25) is 10.0 Å². The lowest BCUT2D eigenvalue weighted by molar-refractivity contribution is 0.552. The fourth-order valence-electron chi connectivity index (χ4n) is 2.82. The second kappa shape index (κ2) is 7.61. The molecule has 0 atom stereocenters. The molecule has 0 aliphatic rings. The quantitative estimate of drug-likeness (QED) is 0.626. The fourth-order valence-corrected chi connectivity index (χ4v) is 4.44. The van der Waals surface area contributed by atoms with Gasteiger partial charge >= 0.3 is 0 Å². The molecule has 138 valence electrons. The van der Waals surface area contributed by atoms with Gasteiger partial charge in [0, 0.05) is 19.3 Å². The van der Waals surface area contributed by atoms with Gasteiger partial charge in [0.05, 0.1) is 28.3 Å². The molecule has 0 amide bonds. The van der Waals surface area contributed by atoms with Crippen LogP contribution in [0.1, 0.15) is 17.8 Å². The summed E-state index contributed by atoms with van der Waals surface area (Å²) in [4.78, 5) is 0.225. The molecule has 0 unspecified atom stereocenters. The van der Waals surface area contributed by atoms with E-state index in [1.807, 2.05) is 30.3 Å². The SMILES string of the molecule is Cc1nn(-c2ccccc2)c(C)c1S(=O)(=O)NCCCn1cc(Cl)cn1. The van der Waals surface area contributed by atoms with Gasteiger partial charge in [-0.15, -0.1) is 0 Å². The monoisotopic (exact) mass is 393 g/mol. The first-order valence-electron chi connectivity index (χ1n) is 8.18. The summed E-state index contributed by atoms with van der Waals surface area (Å²) in [7, 11) is -3.65. The van der Waals surface area contributed by atoms with Crippen molar-refractivity contribution in [2.75, 3.05) is 6.54 Å². The maximum Gasteiger partial charge on any atom is 0.244 e. The van der Waals surface area contributed by atoms with Crippen molar-refractivity contribution in [3.05, 3.63) is 59.1 Å². The van der Waals surface area contributed by atoms with E-state index in [0.717, 1.165) is 5.69 Å². The molecule has 3 rings (SSSR count). The topological polar surface area (TPSA) is 81.8 Å². The van der Waals surface area contributed by atoms with Crippen molar-refractivity contribution in [1.29, 1.82) is 0 Å². The molecule has 1 aromatic carbocycles. The highest BCUT2D eigenvalue weighted by Gasteiger charge is 2.24. The predicted octanol–water partition coefficient (Wildman–Crippen LogP) is 2.71. The van der Waals surface area contributed by atoms with E-state index in [2.05, 4.69) is 14.9 Å². The van der Waals surface area contributed by atoms with Gasteiger partial charge in [0.25, 0.3) is 0 Å². The highest BCUT2D eigenvalue weighted by atomic mass is 35.5. The first kappa shape index (κ1) is 18.6. The van der Waals surface area contributed by atoms with Crippen molar-refractivity contribution in [3.8, 4) is 5.69 Å². The van der Waals surface area contributed by atoms with Crippen LogP contribution in [0.2, 0.25) is 5.02 Å². The second-order valence-electron chi connectivity index (χ2n) is 5.92. The number of para-hydroxylation sites is 1. The fraction of sp³-hybridized carbons (Fsp3) is 0.294. The lowest BCUT2D eigenvalue weighted by Crippen LogP contribution is -2.26. The molecule has 0 saturated carbocycles. The molecule has 26 heavy (non-hydrogen) atoms. The van der Waals surface area contributed by atoms with Gasteiger partial charge < -0.3 is 0 Å². The zero-order valence-corrected chi connectivity index (χ0v) is 16.1. The van der Waals surface area contributed by atoms with E-state index in [9.17, 15) is 8.42 Å². The summed E-state index contributed by atoms with van der Waals surface area (Å²) in [6, 6.07) is 9.46. The molecule has 0 saturated heterocycles. The van der Waals surface area contributed by atoms with Crippen LogP contribution in [-0.4, -0.2) is 34.5 Å². The Morgan fingerprint density at radius 2 is 1.92 bits per heavy atom. The molecule has 0 fully saturated rings. The smallest absolute Gasteiger partial charge is 0.244 e. The van der Waals surface area contributed by atoms with Crippen LogP contribution in [0.15, 0.2) is 47.6 Å². The first-order valence-corrected chi connectivity index (χ1v) is 10.0. The highest BCUT2D eigenvalue weighted by molar-refractivity contribution is 7.89. The maximum absolute atomic E-state index is 12.7. The number of aromatic nitrogens is 4. The van der Waals surface area contributed by atoms with Crippen LogP contribution in [0, 0.1) is 13.8 Å². The number of aryl methyl sites for hydroxylation is 2. The average Bonchev–Trinajstić information content (AvgIpc) is 3.15. The van der Waals surface area contributed by atoms with Gasteiger partial charge in [-0.1, -0.05) is 29.8 Å². The van der Waals surface area contributed by atoms with Crippen LogP contribution in [0.4, 0.5) is 0 Å². The summed E-state index contributed by atoms with van der Waals surface area (Å²) in [5.74, 6) is 0. The Morgan fingerprint density at radius 1 is 1.19 bits per heavy atom. The maximum atomic E-state index is 12.7. The zero-order valence-electron chi connectivity index (χ0n) is 14.6. The van der Waals surface area contributed by atoms with Crippen molar-refractivity contribution in [1.82, 2.24) is 24.3 Å². The van der Waals surface area contributed by atoms with Crippen molar-refractivity contribution >= 4 is 21.6 Å². The third-order valence-electron chi connectivity index (χ3n) is 3.95. The summed E-state index contributed by atoms with van der Waals surface area (Å²) >= 11 is 5.81. The Kier molecular flexibility index (Phi) is 5.45. The molecule has 1 N–H and O–H groups in total. The van der Waals surface area contributed by atoms with E-state index >= 15 is 0 Å². The number of rotatable bonds is 7. The summed E-state index contributed by atoms with van der Waals surface area (Å²) in [6.45, 7) is 4.34. The molecule has 2 heterocycles.